The number of ether oxygens (including phenoxy) is 1. The highest BCUT2D eigenvalue weighted by Crippen LogP contribution is 2.21. The van der Waals surface area contributed by atoms with E-state index in [1.54, 1.807) is 7.11 Å². The topological polar surface area (TPSA) is 24.5 Å². The van der Waals surface area contributed by atoms with Crippen molar-refractivity contribution in [3.63, 3.8) is 0 Å². The van der Waals surface area contributed by atoms with Crippen molar-refractivity contribution in [1.29, 1.82) is 0 Å². The molecule has 3 heteroatoms. The first kappa shape index (κ1) is 13.9. The van der Waals surface area contributed by atoms with Crippen LogP contribution in [0.15, 0.2) is 0 Å². The van der Waals surface area contributed by atoms with Crippen molar-refractivity contribution in [3.8, 4) is 0 Å². The minimum Gasteiger partial charge on any atom is -0.385 e. The number of nitrogens with one attached hydrogen (secondary N) is 1. The van der Waals surface area contributed by atoms with Gasteiger partial charge in [-0.1, -0.05) is 12.8 Å². The van der Waals surface area contributed by atoms with Crippen molar-refractivity contribution in [2.75, 3.05) is 33.9 Å². The standard InChI is InChI=1S/C13H28N2O/c1-12(8-11-16-3)14-9-10-15(2)13-6-4-5-7-13/h12-14H,4-11H2,1-3H3. The predicted octanol–water partition coefficient (Wildman–Crippen LogP) is 1.88. The molecule has 0 aromatic rings. The first-order chi connectivity index (χ1) is 7.74. The van der Waals surface area contributed by atoms with E-state index in [0.29, 0.717) is 6.04 Å². The van der Waals surface area contributed by atoms with Gasteiger partial charge in [-0.25, -0.2) is 0 Å². The summed E-state index contributed by atoms with van der Waals surface area (Å²) in [5, 5.41) is 3.55. The smallest absolute Gasteiger partial charge is 0.0476 e. The first-order valence-electron chi connectivity index (χ1n) is 6.66. The van der Waals surface area contributed by atoms with Crippen LogP contribution in [-0.4, -0.2) is 50.8 Å². The van der Waals surface area contributed by atoms with Gasteiger partial charge in [0, 0.05) is 38.9 Å². The van der Waals surface area contributed by atoms with Crippen LogP contribution in [0.4, 0.5) is 0 Å². The second kappa shape index (κ2) is 8.04. The Kier molecular flexibility index (Phi) is 7.01. The van der Waals surface area contributed by atoms with Crippen molar-refractivity contribution in [2.24, 2.45) is 0 Å². The van der Waals surface area contributed by atoms with Crippen LogP contribution in [0.5, 0.6) is 0 Å². The highest BCUT2D eigenvalue weighted by Gasteiger charge is 2.18. The van der Waals surface area contributed by atoms with Crippen molar-refractivity contribution in [3.05, 3.63) is 0 Å². The molecule has 1 atom stereocenters. The molecule has 0 amide bonds. The Bertz CT molecular complexity index is 169. The number of hydrogen-bond acceptors (Lipinski definition) is 3. The summed E-state index contributed by atoms with van der Waals surface area (Å²) in [7, 11) is 4.03. The summed E-state index contributed by atoms with van der Waals surface area (Å²) in [5.74, 6) is 0. The van der Waals surface area contributed by atoms with E-state index in [1.807, 2.05) is 0 Å². The number of methoxy groups -OCH3 is 1. The van der Waals surface area contributed by atoms with Crippen LogP contribution in [-0.2, 0) is 4.74 Å². The van der Waals surface area contributed by atoms with Crippen LogP contribution in [0, 0.1) is 0 Å². The fourth-order valence-corrected chi connectivity index (χ4v) is 2.41. The molecule has 16 heavy (non-hydrogen) atoms. The highest BCUT2D eigenvalue weighted by atomic mass is 16.5. The van der Waals surface area contributed by atoms with Crippen molar-refractivity contribution in [1.82, 2.24) is 10.2 Å². The minimum atomic E-state index is 0.567. The predicted molar refractivity (Wildman–Crippen MR) is 68.8 cm³/mol. The van der Waals surface area contributed by atoms with Gasteiger partial charge in [-0.3, -0.25) is 0 Å². The zero-order valence-corrected chi connectivity index (χ0v) is 11.2. The van der Waals surface area contributed by atoms with Gasteiger partial charge < -0.3 is 15.0 Å². The summed E-state index contributed by atoms with van der Waals surface area (Å²) >= 11 is 0. The van der Waals surface area contributed by atoms with Gasteiger partial charge in [-0.2, -0.15) is 0 Å². The molecule has 0 heterocycles. The second-order valence-electron chi connectivity index (χ2n) is 5.06. The average molecular weight is 228 g/mol. The third-order valence-corrected chi connectivity index (χ3v) is 3.66. The third-order valence-electron chi connectivity index (χ3n) is 3.66. The fourth-order valence-electron chi connectivity index (χ4n) is 2.41. The molecular formula is C13H28N2O. The summed E-state index contributed by atoms with van der Waals surface area (Å²) in [4.78, 5) is 2.52. The van der Waals surface area contributed by atoms with E-state index in [2.05, 4.69) is 24.2 Å². The van der Waals surface area contributed by atoms with Crippen LogP contribution in [0.3, 0.4) is 0 Å². The van der Waals surface area contributed by atoms with Gasteiger partial charge in [0.05, 0.1) is 0 Å². The molecule has 0 radical (unpaired) electrons. The van der Waals surface area contributed by atoms with E-state index in [0.717, 1.165) is 25.6 Å². The lowest BCUT2D eigenvalue weighted by molar-refractivity contribution is 0.182. The van der Waals surface area contributed by atoms with Gasteiger partial charge in [0.2, 0.25) is 0 Å². The zero-order valence-electron chi connectivity index (χ0n) is 11.2. The molecule has 1 aliphatic carbocycles. The van der Waals surface area contributed by atoms with E-state index in [4.69, 9.17) is 4.74 Å². The lowest BCUT2D eigenvalue weighted by Crippen LogP contribution is -2.38. The summed E-state index contributed by atoms with van der Waals surface area (Å²) in [6.07, 6.45) is 6.74. The van der Waals surface area contributed by atoms with Crippen LogP contribution >= 0.6 is 0 Å². The first-order valence-corrected chi connectivity index (χ1v) is 6.66. The van der Waals surface area contributed by atoms with Gasteiger partial charge in [-0.05, 0) is 33.2 Å². The normalized spacial score (nSPS) is 19.5. The van der Waals surface area contributed by atoms with Gasteiger partial charge in [0.25, 0.3) is 0 Å². The third kappa shape index (κ3) is 5.28. The highest BCUT2D eigenvalue weighted by molar-refractivity contribution is 4.75. The quantitative estimate of drug-likeness (QED) is 0.686. The molecule has 96 valence electrons. The number of rotatable bonds is 8. The maximum Gasteiger partial charge on any atom is 0.0476 e. The second-order valence-corrected chi connectivity index (χ2v) is 5.06. The van der Waals surface area contributed by atoms with Crippen molar-refractivity contribution in [2.45, 2.75) is 51.1 Å². The van der Waals surface area contributed by atoms with E-state index in [9.17, 15) is 0 Å². The minimum absolute atomic E-state index is 0.567. The Balaban J connectivity index is 2.00. The Labute approximate surface area is 101 Å². The Hall–Kier alpha value is -0.120. The van der Waals surface area contributed by atoms with E-state index >= 15 is 0 Å². The maximum absolute atomic E-state index is 5.07. The molecule has 1 rings (SSSR count). The lowest BCUT2D eigenvalue weighted by atomic mass is 10.2. The van der Waals surface area contributed by atoms with E-state index in [1.165, 1.54) is 32.2 Å². The molecule has 1 fully saturated rings. The number of hydrogen-bond donors (Lipinski definition) is 1. The number of nitrogens with zero attached hydrogens (tertiary/aromatic N) is 1. The molecule has 0 saturated heterocycles. The van der Waals surface area contributed by atoms with E-state index < -0.39 is 0 Å². The summed E-state index contributed by atoms with van der Waals surface area (Å²) < 4.78 is 5.07. The molecule has 1 N–H and O–H groups in total. The van der Waals surface area contributed by atoms with Gasteiger partial charge in [0.15, 0.2) is 0 Å². The fraction of sp³-hybridized carbons (Fsp3) is 1.00. The Morgan fingerprint density at radius 1 is 1.38 bits per heavy atom. The van der Waals surface area contributed by atoms with Gasteiger partial charge in [-0.15, -0.1) is 0 Å². The molecule has 0 spiro atoms. The maximum atomic E-state index is 5.07. The zero-order chi connectivity index (χ0) is 11.8. The summed E-state index contributed by atoms with van der Waals surface area (Å²) in [5.41, 5.74) is 0. The van der Waals surface area contributed by atoms with Crippen LogP contribution < -0.4 is 5.32 Å². The van der Waals surface area contributed by atoms with Crippen molar-refractivity contribution >= 4 is 0 Å². The lowest BCUT2D eigenvalue weighted by Gasteiger charge is -2.25. The molecule has 0 bridgehead atoms. The molecule has 1 aliphatic rings. The molecule has 3 nitrogen and oxygen atoms in total. The summed E-state index contributed by atoms with van der Waals surface area (Å²) in [6.45, 7) is 5.35. The van der Waals surface area contributed by atoms with Crippen molar-refractivity contribution < 1.29 is 4.74 Å². The molecule has 0 aliphatic heterocycles. The Morgan fingerprint density at radius 2 is 2.06 bits per heavy atom. The van der Waals surface area contributed by atoms with Crippen LogP contribution in [0.25, 0.3) is 0 Å². The van der Waals surface area contributed by atoms with Gasteiger partial charge >= 0.3 is 0 Å². The van der Waals surface area contributed by atoms with E-state index in [-0.39, 0.29) is 0 Å². The SMILES string of the molecule is COCCC(C)NCCN(C)C1CCCC1. The Morgan fingerprint density at radius 3 is 2.69 bits per heavy atom. The monoisotopic (exact) mass is 228 g/mol. The van der Waals surface area contributed by atoms with Crippen LogP contribution in [0.2, 0.25) is 0 Å². The average Bonchev–Trinajstić information content (AvgIpc) is 2.79. The molecule has 1 saturated carbocycles. The molecular weight excluding hydrogens is 200 g/mol. The number of likely N-dealkylation sites (N-methyl/N-ethyl adjacent to an activating group) is 1. The largest absolute Gasteiger partial charge is 0.385 e. The molecule has 0 aromatic heterocycles. The summed E-state index contributed by atoms with van der Waals surface area (Å²) in [6, 6.07) is 1.41. The molecule has 0 aromatic carbocycles. The molecule has 1 unspecified atom stereocenters. The van der Waals surface area contributed by atoms with Gasteiger partial charge in [0.1, 0.15) is 0 Å². The van der Waals surface area contributed by atoms with Crippen LogP contribution in [0.1, 0.15) is 39.0 Å².